The summed E-state index contributed by atoms with van der Waals surface area (Å²) in [5.74, 6) is 2.49. The molecule has 0 N–H and O–H groups in total. The minimum atomic E-state index is -0.364. The van der Waals surface area contributed by atoms with E-state index < -0.39 is 0 Å². The van der Waals surface area contributed by atoms with Gasteiger partial charge in [0.15, 0.2) is 0 Å². The van der Waals surface area contributed by atoms with Crippen molar-refractivity contribution < 1.29 is 33.2 Å². The Morgan fingerprint density at radius 2 is 1.52 bits per heavy atom. The van der Waals surface area contributed by atoms with Crippen LogP contribution in [0.4, 0.5) is 5.13 Å². The Bertz CT molecular complexity index is 2730. The van der Waals surface area contributed by atoms with Crippen molar-refractivity contribution in [2.45, 2.75) is 146 Å². The largest absolute Gasteiger partial charge is 0.494 e. The van der Waals surface area contributed by atoms with E-state index in [4.69, 9.17) is 38.5 Å². The van der Waals surface area contributed by atoms with E-state index in [1.54, 1.807) is 11.3 Å². The monoisotopic (exact) mass is 1000 g/mol. The zero-order chi connectivity index (χ0) is 49.6. The van der Waals surface area contributed by atoms with E-state index in [-0.39, 0.29) is 12.1 Å². The quantitative estimate of drug-likeness (QED) is 0.0138. The van der Waals surface area contributed by atoms with Crippen LogP contribution in [0, 0.1) is 5.92 Å². The van der Waals surface area contributed by atoms with Gasteiger partial charge in [-0.1, -0.05) is 91.8 Å². The number of hydrogen-bond acceptors (Lipinski definition) is 11. The molecular weight excluding hydrogens is 931 g/mol. The summed E-state index contributed by atoms with van der Waals surface area (Å²) >= 11 is 1.73. The number of hydrazone groups is 1. The van der Waals surface area contributed by atoms with Crippen molar-refractivity contribution in [3.8, 4) is 22.6 Å². The second kappa shape index (κ2) is 25.6. The SMILES string of the molecule is C=CC(=O)OCCCCCCOc1ccc(-c2ccc(C3CCC(OCc4ccc5cc(OCCCOCC6CCC7OC7C6)ccc5c4)CC3)cc2/C=N/N(c2nc3ccccc3s2)C2CCCCC2)cc1. The maximum atomic E-state index is 11.3. The molecular formula is C62H73N3O7S. The number of rotatable bonds is 25. The smallest absolute Gasteiger partial charge is 0.330 e. The topological polar surface area (TPSA) is 104 Å². The number of ether oxygens (including phenoxy) is 6. The molecule has 3 atom stereocenters. The van der Waals surface area contributed by atoms with Gasteiger partial charge in [-0.3, -0.25) is 0 Å². The van der Waals surface area contributed by atoms with E-state index in [1.807, 2.05) is 0 Å². The van der Waals surface area contributed by atoms with E-state index in [0.29, 0.717) is 56.5 Å². The van der Waals surface area contributed by atoms with Gasteiger partial charge in [0.2, 0.25) is 5.13 Å². The number of fused-ring (bicyclic) bond motifs is 3. The molecule has 1 aliphatic heterocycles. The summed E-state index contributed by atoms with van der Waals surface area (Å²) < 4.78 is 36.8. The molecule has 3 aliphatic carbocycles. The van der Waals surface area contributed by atoms with Crippen molar-refractivity contribution in [1.82, 2.24) is 4.98 Å². The molecule has 0 spiro atoms. The van der Waals surface area contributed by atoms with E-state index >= 15 is 0 Å². The Morgan fingerprint density at radius 3 is 2.36 bits per heavy atom. The number of aromatic nitrogens is 1. The van der Waals surface area contributed by atoms with Crippen LogP contribution < -0.4 is 14.5 Å². The third kappa shape index (κ3) is 14.2. The van der Waals surface area contributed by atoms with Gasteiger partial charge in [-0.05, 0) is 177 Å². The molecule has 6 aromatic rings. The third-order valence-electron chi connectivity index (χ3n) is 15.4. The lowest BCUT2D eigenvalue weighted by atomic mass is 9.81. The van der Waals surface area contributed by atoms with Crippen LogP contribution in [0.15, 0.2) is 121 Å². The maximum Gasteiger partial charge on any atom is 0.330 e. The Kier molecular flexibility index (Phi) is 17.8. The first kappa shape index (κ1) is 50.9. The van der Waals surface area contributed by atoms with Gasteiger partial charge in [0.05, 0.1) is 67.2 Å². The number of benzene rings is 5. The highest BCUT2D eigenvalue weighted by atomic mass is 32.1. The number of carbonyl (C=O) groups excluding carboxylic acids is 1. The summed E-state index contributed by atoms with van der Waals surface area (Å²) in [5.41, 5.74) is 6.98. The van der Waals surface area contributed by atoms with Gasteiger partial charge in [-0.15, -0.1) is 0 Å². The van der Waals surface area contributed by atoms with Gasteiger partial charge < -0.3 is 28.4 Å². The zero-order valence-electron chi connectivity index (χ0n) is 42.5. The van der Waals surface area contributed by atoms with Crippen LogP contribution in [0.5, 0.6) is 11.5 Å². The van der Waals surface area contributed by atoms with Gasteiger partial charge in [-0.2, -0.15) is 5.10 Å². The summed E-state index contributed by atoms with van der Waals surface area (Å²) in [4.78, 5) is 16.4. The zero-order valence-corrected chi connectivity index (χ0v) is 43.3. The lowest BCUT2D eigenvalue weighted by molar-refractivity contribution is -0.137. The second-order valence-electron chi connectivity index (χ2n) is 20.6. The number of para-hydroxylation sites is 1. The van der Waals surface area contributed by atoms with Crippen molar-refractivity contribution in [1.29, 1.82) is 0 Å². The van der Waals surface area contributed by atoms with Crippen molar-refractivity contribution in [3.63, 3.8) is 0 Å². The van der Waals surface area contributed by atoms with E-state index in [1.165, 1.54) is 64.8 Å². The van der Waals surface area contributed by atoms with Gasteiger partial charge in [0.25, 0.3) is 0 Å². The highest BCUT2D eigenvalue weighted by molar-refractivity contribution is 7.22. The summed E-state index contributed by atoms with van der Waals surface area (Å²) in [6, 6.07) is 37.3. The summed E-state index contributed by atoms with van der Waals surface area (Å²) in [7, 11) is 0. The molecule has 73 heavy (non-hydrogen) atoms. The molecule has 10 nitrogen and oxygen atoms in total. The Morgan fingerprint density at radius 1 is 0.740 bits per heavy atom. The Labute approximate surface area is 436 Å². The number of epoxide rings is 1. The number of nitrogens with zero attached hydrogens (tertiary/aromatic N) is 3. The molecule has 0 bridgehead atoms. The van der Waals surface area contributed by atoms with E-state index in [2.05, 4.69) is 121 Å². The molecule has 5 aromatic carbocycles. The minimum Gasteiger partial charge on any atom is -0.494 e. The maximum absolute atomic E-state index is 11.3. The number of thiazole rings is 1. The van der Waals surface area contributed by atoms with Gasteiger partial charge in [-0.25, -0.2) is 14.8 Å². The second-order valence-corrected chi connectivity index (χ2v) is 21.7. The normalized spacial score (nSPS) is 21.0. The van der Waals surface area contributed by atoms with Crippen LogP contribution in [0.25, 0.3) is 32.1 Å². The van der Waals surface area contributed by atoms with Crippen LogP contribution in [0.3, 0.4) is 0 Å². The van der Waals surface area contributed by atoms with Crippen LogP contribution in [0.1, 0.15) is 132 Å². The molecule has 0 radical (unpaired) electrons. The number of unbranched alkanes of at least 4 members (excludes halogenated alkanes) is 3. The van der Waals surface area contributed by atoms with Gasteiger partial charge >= 0.3 is 5.97 Å². The fourth-order valence-corrected chi connectivity index (χ4v) is 12.1. The van der Waals surface area contributed by atoms with Crippen molar-refractivity contribution in [2.75, 3.05) is 38.0 Å². The highest BCUT2D eigenvalue weighted by Crippen LogP contribution is 2.40. The predicted molar refractivity (Wildman–Crippen MR) is 294 cm³/mol. The van der Waals surface area contributed by atoms with Crippen LogP contribution in [-0.4, -0.2) is 74.6 Å². The molecule has 3 unspecified atom stereocenters. The average molecular weight is 1000 g/mol. The van der Waals surface area contributed by atoms with Crippen molar-refractivity contribution >= 4 is 49.6 Å². The molecule has 11 heteroatoms. The molecule has 3 saturated carbocycles. The first-order valence-corrected chi connectivity index (χ1v) is 28.2. The van der Waals surface area contributed by atoms with Crippen LogP contribution in [0.2, 0.25) is 0 Å². The van der Waals surface area contributed by atoms with E-state index in [9.17, 15) is 4.79 Å². The van der Waals surface area contributed by atoms with E-state index in [0.717, 1.165) is 129 Å². The summed E-state index contributed by atoms with van der Waals surface area (Å²) in [6.07, 6.45) is 23.0. The summed E-state index contributed by atoms with van der Waals surface area (Å²) in [6.45, 7) is 7.36. The molecule has 4 aliphatic rings. The number of carbonyl (C=O) groups is 1. The molecule has 1 aromatic heterocycles. The lowest BCUT2D eigenvalue weighted by Gasteiger charge is -2.30. The first-order valence-electron chi connectivity index (χ1n) is 27.4. The fraction of sp³-hybridized carbons (Fsp3) is 0.468. The van der Waals surface area contributed by atoms with Crippen LogP contribution in [-0.2, 0) is 30.3 Å². The number of hydrogen-bond donors (Lipinski definition) is 0. The Hall–Kier alpha value is -5.59. The van der Waals surface area contributed by atoms with Gasteiger partial charge in [0, 0.05) is 31.3 Å². The first-order chi connectivity index (χ1) is 36.0. The molecule has 384 valence electrons. The van der Waals surface area contributed by atoms with Crippen LogP contribution >= 0.6 is 11.3 Å². The molecule has 4 fully saturated rings. The molecule has 1 saturated heterocycles. The standard InChI is InChI=1S/C62H73N3O7S/c1-2-61(66)70-35-11-4-3-10-34-68-53-28-22-47(23-29-53)56-31-25-49(39-51(56)41-63-65(52-13-6-5-7-14-52)62-64-57-15-8-9-16-60(57)73-62)46-20-26-54(27-21-46)71-43-44-17-19-50-40-55(30-24-48(50)37-44)69-36-12-33-67-42-45-18-32-58-59(38-45)72-58/h2,8-9,15-17,19,22-25,28-31,37,39-41,45-46,52,54,58-59H,1,3-7,10-14,18,20-21,26-27,32-36,38,42-43H2/b63-41+. The Balaban J connectivity index is 0.750. The number of esters is 1. The predicted octanol–water partition coefficient (Wildman–Crippen LogP) is 14.6. The number of anilines is 1. The minimum absolute atomic E-state index is 0.238. The summed E-state index contributed by atoms with van der Waals surface area (Å²) in [5, 5.41) is 10.9. The lowest BCUT2D eigenvalue weighted by Crippen LogP contribution is -2.32. The molecule has 10 rings (SSSR count). The molecule has 0 amide bonds. The highest BCUT2D eigenvalue weighted by Gasteiger charge is 2.43. The fourth-order valence-electron chi connectivity index (χ4n) is 11.1. The third-order valence-corrected chi connectivity index (χ3v) is 16.4. The average Bonchev–Trinajstić information content (AvgIpc) is 4.09. The molecule has 2 heterocycles. The van der Waals surface area contributed by atoms with Gasteiger partial charge in [0.1, 0.15) is 11.5 Å². The van der Waals surface area contributed by atoms with Crippen molar-refractivity contribution in [3.05, 3.63) is 132 Å². The van der Waals surface area contributed by atoms with Crippen molar-refractivity contribution in [2.24, 2.45) is 11.0 Å².